The van der Waals surface area contributed by atoms with Crippen LogP contribution >= 0.6 is 0 Å². The molecule has 5 heteroatoms. The Bertz CT molecular complexity index is 780. The quantitative estimate of drug-likeness (QED) is 0.848. The Morgan fingerprint density at radius 2 is 1.88 bits per heavy atom. The summed E-state index contributed by atoms with van der Waals surface area (Å²) in [6.07, 6.45) is 10.5. The molecule has 0 aromatic carbocycles. The third-order valence-electron chi connectivity index (χ3n) is 5.77. The fourth-order valence-electron chi connectivity index (χ4n) is 4.20. The molecule has 1 aromatic heterocycles. The first-order valence-electron chi connectivity index (χ1n) is 9.47. The topological polar surface area (TPSA) is 42.6 Å². The van der Waals surface area contributed by atoms with Crippen LogP contribution in [0, 0.1) is 19.8 Å². The molecular formula is C21H28N4O. The zero-order chi connectivity index (χ0) is 18.3. The van der Waals surface area contributed by atoms with Crippen molar-refractivity contribution in [1.82, 2.24) is 19.7 Å². The zero-order valence-electron chi connectivity index (χ0n) is 15.9. The lowest BCUT2D eigenvalue weighted by atomic mass is 9.91. The molecule has 0 spiro atoms. The molecule has 5 nitrogen and oxygen atoms in total. The second-order valence-corrected chi connectivity index (χ2v) is 7.77. The lowest BCUT2D eigenvalue weighted by molar-refractivity contribution is -0.128. The molecule has 138 valence electrons. The van der Waals surface area contributed by atoms with Gasteiger partial charge in [0.1, 0.15) is 0 Å². The Balaban J connectivity index is 1.60. The van der Waals surface area contributed by atoms with Gasteiger partial charge in [0, 0.05) is 49.1 Å². The summed E-state index contributed by atoms with van der Waals surface area (Å²) >= 11 is 0. The highest BCUT2D eigenvalue weighted by molar-refractivity contribution is 6.02. The SMILES string of the molecule is Cc1cc(C)c(C=C2C(=O)N(CN3CCN(C)CC3)C3C=CC=CC23)[nH]1. The van der Waals surface area contributed by atoms with Crippen molar-refractivity contribution >= 4 is 12.0 Å². The van der Waals surface area contributed by atoms with Gasteiger partial charge in [-0.05, 0) is 38.6 Å². The van der Waals surface area contributed by atoms with Crippen molar-refractivity contribution in [2.24, 2.45) is 5.92 Å². The standard InChI is InChI=1S/C21H28N4O/c1-15-12-16(2)22-19(15)13-18-17-6-4-5-7-20(17)25(21(18)26)14-24-10-8-23(3)9-11-24/h4-7,12-13,17,20,22H,8-11,14H2,1-3H3. The number of nitrogens with one attached hydrogen (secondary N) is 1. The van der Waals surface area contributed by atoms with Gasteiger partial charge in [-0.1, -0.05) is 24.3 Å². The number of hydrogen-bond acceptors (Lipinski definition) is 3. The number of fused-ring (bicyclic) bond motifs is 1. The molecule has 0 radical (unpaired) electrons. The van der Waals surface area contributed by atoms with E-state index in [4.69, 9.17) is 0 Å². The van der Waals surface area contributed by atoms with Crippen LogP contribution in [-0.2, 0) is 4.79 Å². The van der Waals surface area contributed by atoms with Crippen LogP contribution in [0.3, 0.4) is 0 Å². The Morgan fingerprint density at radius 1 is 1.15 bits per heavy atom. The van der Waals surface area contributed by atoms with Crippen molar-refractivity contribution in [3.63, 3.8) is 0 Å². The number of carbonyl (C=O) groups is 1. The molecule has 2 aliphatic heterocycles. The van der Waals surface area contributed by atoms with Crippen LogP contribution in [0.25, 0.3) is 6.08 Å². The molecule has 3 aliphatic rings. The number of aromatic amines is 1. The minimum absolute atomic E-state index is 0.134. The van der Waals surface area contributed by atoms with Crippen molar-refractivity contribution < 1.29 is 4.79 Å². The van der Waals surface area contributed by atoms with E-state index in [1.807, 2.05) is 4.90 Å². The summed E-state index contributed by atoms with van der Waals surface area (Å²) in [5, 5.41) is 0. The summed E-state index contributed by atoms with van der Waals surface area (Å²) in [5.41, 5.74) is 4.26. The third kappa shape index (κ3) is 3.17. The smallest absolute Gasteiger partial charge is 0.252 e. The number of likely N-dealkylation sites (tertiary alicyclic amines) is 1. The van der Waals surface area contributed by atoms with Crippen LogP contribution in [0.1, 0.15) is 17.0 Å². The summed E-state index contributed by atoms with van der Waals surface area (Å²) in [5.74, 6) is 0.310. The summed E-state index contributed by atoms with van der Waals surface area (Å²) in [6, 6.07) is 2.26. The number of H-pyrrole nitrogens is 1. The van der Waals surface area contributed by atoms with Gasteiger partial charge in [0.05, 0.1) is 12.7 Å². The second-order valence-electron chi connectivity index (χ2n) is 7.77. The Kier molecular flexibility index (Phi) is 4.59. The number of aryl methyl sites for hydroxylation is 2. The second kappa shape index (κ2) is 6.89. The lowest BCUT2D eigenvalue weighted by Crippen LogP contribution is -2.50. The van der Waals surface area contributed by atoms with Gasteiger partial charge in [0.2, 0.25) is 0 Å². The first kappa shape index (κ1) is 17.3. The minimum Gasteiger partial charge on any atom is -0.359 e. The van der Waals surface area contributed by atoms with Crippen molar-refractivity contribution in [3.8, 4) is 0 Å². The number of carbonyl (C=O) groups excluding carboxylic acids is 1. The van der Waals surface area contributed by atoms with Gasteiger partial charge in [-0.3, -0.25) is 9.69 Å². The summed E-state index contributed by atoms with van der Waals surface area (Å²) < 4.78 is 0. The van der Waals surface area contributed by atoms with Gasteiger partial charge in [-0.15, -0.1) is 0 Å². The van der Waals surface area contributed by atoms with E-state index in [0.29, 0.717) is 6.67 Å². The molecule has 0 bridgehead atoms. The summed E-state index contributed by atoms with van der Waals surface area (Å²) in [7, 11) is 2.16. The molecule has 1 N–H and O–H groups in total. The first-order chi connectivity index (χ1) is 12.5. The van der Waals surface area contributed by atoms with Crippen molar-refractivity contribution in [1.29, 1.82) is 0 Å². The zero-order valence-corrected chi connectivity index (χ0v) is 15.9. The predicted molar refractivity (Wildman–Crippen MR) is 105 cm³/mol. The average Bonchev–Trinajstić information content (AvgIpc) is 3.08. The summed E-state index contributed by atoms with van der Waals surface area (Å²) in [6.45, 7) is 9.02. The normalized spacial score (nSPS) is 28.3. The van der Waals surface area contributed by atoms with Crippen LogP contribution in [0.5, 0.6) is 0 Å². The highest BCUT2D eigenvalue weighted by atomic mass is 16.2. The molecule has 1 amide bonds. The third-order valence-corrected chi connectivity index (χ3v) is 5.77. The fourth-order valence-corrected chi connectivity index (χ4v) is 4.20. The molecule has 1 aliphatic carbocycles. The Labute approximate surface area is 155 Å². The van der Waals surface area contributed by atoms with E-state index in [0.717, 1.165) is 43.1 Å². The van der Waals surface area contributed by atoms with E-state index in [2.05, 4.69) is 72.1 Å². The molecule has 2 atom stereocenters. The van der Waals surface area contributed by atoms with Crippen LogP contribution < -0.4 is 0 Å². The van der Waals surface area contributed by atoms with E-state index in [1.54, 1.807) is 0 Å². The maximum absolute atomic E-state index is 13.3. The number of rotatable bonds is 3. The maximum atomic E-state index is 13.3. The molecule has 0 saturated carbocycles. The number of amides is 1. The fraction of sp³-hybridized carbons (Fsp3) is 0.476. The molecule has 26 heavy (non-hydrogen) atoms. The lowest BCUT2D eigenvalue weighted by Gasteiger charge is -2.36. The van der Waals surface area contributed by atoms with E-state index in [9.17, 15) is 4.79 Å². The number of allylic oxidation sites excluding steroid dienone is 2. The monoisotopic (exact) mass is 352 g/mol. The van der Waals surface area contributed by atoms with Gasteiger partial charge in [0.25, 0.3) is 5.91 Å². The first-order valence-corrected chi connectivity index (χ1v) is 9.47. The Hall–Kier alpha value is -2.11. The van der Waals surface area contributed by atoms with Crippen molar-refractivity contribution in [3.05, 3.63) is 52.9 Å². The number of aromatic nitrogens is 1. The molecule has 3 heterocycles. The summed E-state index contributed by atoms with van der Waals surface area (Å²) in [4.78, 5) is 23.4. The van der Waals surface area contributed by atoms with E-state index >= 15 is 0 Å². The van der Waals surface area contributed by atoms with Gasteiger partial charge in [-0.2, -0.15) is 0 Å². The predicted octanol–water partition coefficient (Wildman–Crippen LogP) is 2.17. The van der Waals surface area contributed by atoms with E-state index in [-0.39, 0.29) is 17.9 Å². The maximum Gasteiger partial charge on any atom is 0.252 e. The molecule has 2 fully saturated rings. The van der Waals surface area contributed by atoms with Crippen LogP contribution in [0.2, 0.25) is 0 Å². The molecular weight excluding hydrogens is 324 g/mol. The van der Waals surface area contributed by atoms with Gasteiger partial charge in [-0.25, -0.2) is 0 Å². The molecule has 1 aromatic rings. The van der Waals surface area contributed by atoms with Gasteiger partial charge >= 0.3 is 0 Å². The number of hydrogen-bond donors (Lipinski definition) is 1. The number of nitrogens with zero attached hydrogens (tertiary/aromatic N) is 3. The van der Waals surface area contributed by atoms with Gasteiger partial charge in [0.15, 0.2) is 0 Å². The van der Waals surface area contributed by atoms with Crippen LogP contribution in [0.15, 0.2) is 35.9 Å². The largest absolute Gasteiger partial charge is 0.359 e. The Morgan fingerprint density at radius 3 is 2.58 bits per heavy atom. The molecule has 4 rings (SSSR count). The molecule has 2 unspecified atom stereocenters. The van der Waals surface area contributed by atoms with E-state index < -0.39 is 0 Å². The number of likely N-dealkylation sites (N-methyl/N-ethyl adjacent to an activating group) is 1. The van der Waals surface area contributed by atoms with Crippen LogP contribution in [-0.4, -0.2) is 71.5 Å². The minimum atomic E-state index is 0.134. The highest BCUT2D eigenvalue weighted by Gasteiger charge is 2.42. The van der Waals surface area contributed by atoms with Gasteiger partial charge < -0.3 is 14.8 Å². The molecule has 2 saturated heterocycles. The van der Waals surface area contributed by atoms with Crippen molar-refractivity contribution in [2.75, 3.05) is 39.9 Å². The van der Waals surface area contributed by atoms with Crippen LogP contribution in [0.4, 0.5) is 0 Å². The average molecular weight is 352 g/mol. The van der Waals surface area contributed by atoms with E-state index in [1.165, 1.54) is 5.56 Å². The highest BCUT2D eigenvalue weighted by Crippen LogP contribution is 2.36. The van der Waals surface area contributed by atoms with Crippen molar-refractivity contribution in [2.45, 2.75) is 19.9 Å². The number of piperazine rings is 1.